The summed E-state index contributed by atoms with van der Waals surface area (Å²) in [6, 6.07) is 21.0. The van der Waals surface area contributed by atoms with Crippen LogP contribution in [-0.2, 0) is 6.42 Å². The van der Waals surface area contributed by atoms with Crippen LogP contribution in [0.3, 0.4) is 0 Å². The van der Waals surface area contributed by atoms with Crippen molar-refractivity contribution in [3.8, 4) is 22.8 Å². The fourth-order valence-corrected chi connectivity index (χ4v) is 4.30. The van der Waals surface area contributed by atoms with Crippen molar-refractivity contribution in [2.24, 2.45) is 0 Å². The molecule has 7 heteroatoms. The van der Waals surface area contributed by atoms with Crippen molar-refractivity contribution in [3.63, 3.8) is 0 Å². The lowest BCUT2D eigenvalue weighted by Gasteiger charge is -2.20. The van der Waals surface area contributed by atoms with Gasteiger partial charge in [-0.2, -0.15) is 0 Å². The number of aromatic nitrogens is 1. The van der Waals surface area contributed by atoms with Gasteiger partial charge in [-0.3, -0.25) is 9.69 Å². The first-order chi connectivity index (χ1) is 16.1. The number of hydrogen-bond acceptors (Lipinski definition) is 5. The first kappa shape index (κ1) is 22.5. The molecular formula is C26H23FN2O3S. The topological polar surface area (TPSA) is 51.7 Å². The maximum Gasteiger partial charge on any atom is 0.260 e. The minimum Gasteiger partial charge on any atom is -0.493 e. The fourth-order valence-electron chi connectivity index (χ4n) is 3.44. The minimum absolute atomic E-state index is 0.129. The van der Waals surface area contributed by atoms with Crippen molar-refractivity contribution in [3.05, 3.63) is 95.1 Å². The predicted molar refractivity (Wildman–Crippen MR) is 129 cm³/mol. The second-order valence-electron chi connectivity index (χ2n) is 7.28. The summed E-state index contributed by atoms with van der Waals surface area (Å²) in [6.45, 7) is 0.430. The number of rotatable bonds is 8. The van der Waals surface area contributed by atoms with E-state index in [9.17, 15) is 9.18 Å². The Hall–Kier alpha value is -3.71. The van der Waals surface area contributed by atoms with E-state index >= 15 is 0 Å². The summed E-state index contributed by atoms with van der Waals surface area (Å²) in [5.74, 6) is 0.868. The van der Waals surface area contributed by atoms with Gasteiger partial charge in [-0.25, -0.2) is 9.37 Å². The van der Waals surface area contributed by atoms with E-state index in [1.165, 1.54) is 23.5 Å². The van der Waals surface area contributed by atoms with Gasteiger partial charge in [0.2, 0.25) is 0 Å². The largest absolute Gasteiger partial charge is 0.493 e. The van der Waals surface area contributed by atoms with E-state index in [1.807, 2.05) is 41.8 Å². The van der Waals surface area contributed by atoms with Crippen molar-refractivity contribution < 1.29 is 18.7 Å². The smallest absolute Gasteiger partial charge is 0.260 e. The molecule has 1 aromatic heterocycles. The summed E-state index contributed by atoms with van der Waals surface area (Å²) in [7, 11) is 3.19. The molecular weight excluding hydrogens is 439 g/mol. The van der Waals surface area contributed by atoms with Gasteiger partial charge in [0.05, 0.1) is 19.9 Å². The summed E-state index contributed by atoms with van der Waals surface area (Å²) in [5.41, 5.74) is 3.09. The molecule has 168 valence electrons. The lowest BCUT2D eigenvalue weighted by molar-refractivity contribution is 0.0987. The van der Waals surface area contributed by atoms with E-state index in [0.29, 0.717) is 40.9 Å². The Balaban J connectivity index is 1.62. The average molecular weight is 463 g/mol. The number of halogens is 1. The second kappa shape index (κ2) is 10.3. The van der Waals surface area contributed by atoms with Gasteiger partial charge in [-0.1, -0.05) is 24.3 Å². The zero-order chi connectivity index (χ0) is 23.2. The minimum atomic E-state index is -0.301. The standard InChI is InChI=1S/C26H23FN2O3S/c1-31-23-13-8-18(16-24(23)32-2)14-15-29(25(30)20-6-4-3-5-7-20)26-28-22(17-33-26)19-9-11-21(27)12-10-19/h3-13,16-17H,14-15H2,1-2H3. The molecule has 0 saturated carbocycles. The monoisotopic (exact) mass is 462 g/mol. The van der Waals surface area contributed by atoms with Crippen molar-refractivity contribution in [1.82, 2.24) is 4.98 Å². The molecule has 0 atom stereocenters. The number of benzene rings is 3. The van der Waals surface area contributed by atoms with Crippen LogP contribution < -0.4 is 14.4 Å². The molecule has 0 spiro atoms. The highest BCUT2D eigenvalue weighted by Gasteiger charge is 2.21. The van der Waals surface area contributed by atoms with Gasteiger partial charge < -0.3 is 9.47 Å². The van der Waals surface area contributed by atoms with Gasteiger partial charge in [-0.15, -0.1) is 11.3 Å². The summed E-state index contributed by atoms with van der Waals surface area (Å²) < 4.78 is 24.0. The van der Waals surface area contributed by atoms with E-state index in [4.69, 9.17) is 9.47 Å². The van der Waals surface area contributed by atoms with Crippen molar-refractivity contribution >= 4 is 22.4 Å². The average Bonchev–Trinajstić information content (AvgIpc) is 3.34. The third-order valence-electron chi connectivity index (χ3n) is 5.20. The predicted octanol–water partition coefficient (Wildman–Crippen LogP) is 5.86. The first-order valence-electron chi connectivity index (χ1n) is 10.4. The van der Waals surface area contributed by atoms with Gasteiger partial charge in [0.15, 0.2) is 16.6 Å². The molecule has 0 aliphatic carbocycles. The molecule has 0 fully saturated rings. The second-order valence-corrected chi connectivity index (χ2v) is 8.12. The Morgan fingerprint density at radius 1 is 0.970 bits per heavy atom. The molecule has 0 radical (unpaired) electrons. The van der Waals surface area contributed by atoms with Crippen LogP contribution in [0.4, 0.5) is 9.52 Å². The Kier molecular flexibility index (Phi) is 7.00. The van der Waals surface area contributed by atoms with E-state index in [-0.39, 0.29) is 11.7 Å². The van der Waals surface area contributed by atoms with Crippen LogP contribution in [0.2, 0.25) is 0 Å². The number of ether oxygens (including phenoxy) is 2. The van der Waals surface area contributed by atoms with Gasteiger partial charge in [-0.05, 0) is 60.5 Å². The van der Waals surface area contributed by atoms with E-state index in [2.05, 4.69) is 4.98 Å². The number of thiazole rings is 1. The molecule has 33 heavy (non-hydrogen) atoms. The summed E-state index contributed by atoms with van der Waals surface area (Å²) in [5, 5.41) is 2.47. The van der Waals surface area contributed by atoms with Crippen molar-refractivity contribution in [2.75, 3.05) is 25.7 Å². The lowest BCUT2D eigenvalue weighted by Crippen LogP contribution is -2.32. The van der Waals surface area contributed by atoms with Crippen LogP contribution in [0.15, 0.2) is 78.2 Å². The van der Waals surface area contributed by atoms with Gasteiger partial charge in [0.25, 0.3) is 5.91 Å². The van der Waals surface area contributed by atoms with Crippen LogP contribution in [0.25, 0.3) is 11.3 Å². The third kappa shape index (κ3) is 5.21. The Morgan fingerprint density at radius 2 is 1.70 bits per heavy atom. The number of hydrogen-bond donors (Lipinski definition) is 0. The summed E-state index contributed by atoms with van der Waals surface area (Å²) in [4.78, 5) is 19.8. The molecule has 5 nitrogen and oxygen atoms in total. The molecule has 1 amide bonds. The van der Waals surface area contributed by atoms with Crippen LogP contribution in [-0.4, -0.2) is 31.7 Å². The highest BCUT2D eigenvalue weighted by molar-refractivity contribution is 7.14. The van der Waals surface area contributed by atoms with Crippen LogP contribution in [0.1, 0.15) is 15.9 Å². The molecule has 3 aromatic carbocycles. The van der Waals surface area contributed by atoms with Crippen molar-refractivity contribution in [2.45, 2.75) is 6.42 Å². The van der Waals surface area contributed by atoms with Gasteiger partial charge in [0.1, 0.15) is 5.82 Å². The molecule has 4 rings (SSSR count). The maximum absolute atomic E-state index is 13.4. The molecule has 0 N–H and O–H groups in total. The number of amides is 1. The van der Waals surface area contributed by atoms with E-state index < -0.39 is 0 Å². The number of methoxy groups -OCH3 is 2. The molecule has 0 bridgehead atoms. The van der Waals surface area contributed by atoms with Crippen LogP contribution in [0, 0.1) is 5.82 Å². The normalized spacial score (nSPS) is 10.6. The van der Waals surface area contributed by atoms with E-state index in [1.54, 1.807) is 43.4 Å². The van der Waals surface area contributed by atoms with Crippen LogP contribution in [0.5, 0.6) is 11.5 Å². The summed E-state index contributed by atoms with van der Waals surface area (Å²) >= 11 is 1.38. The number of carbonyl (C=O) groups excluding carboxylic acids is 1. The fraction of sp³-hybridized carbons (Fsp3) is 0.154. The molecule has 0 aliphatic heterocycles. The Bertz CT molecular complexity index is 1230. The summed E-state index contributed by atoms with van der Waals surface area (Å²) in [6.07, 6.45) is 0.602. The quantitative estimate of drug-likeness (QED) is 0.329. The van der Waals surface area contributed by atoms with Gasteiger partial charge >= 0.3 is 0 Å². The SMILES string of the molecule is COc1ccc(CCN(C(=O)c2ccccc2)c2nc(-c3ccc(F)cc3)cs2)cc1OC. The first-order valence-corrected chi connectivity index (χ1v) is 11.3. The highest BCUT2D eigenvalue weighted by atomic mass is 32.1. The zero-order valence-electron chi connectivity index (χ0n) is 18.3. The highest BCUT2D eigenvalue weighted by Crippen LogP contribution is 2.30. The van der Waals surface area contributed by atoms with Crippen molar-refractivity contribution in [1.29, 1.82) is 0 Å². The molecule has 0 unspecified atom stereocenters. The van der Waals surface area contributed by atoms with E-state index in [0.717, 1.165) is 11.1 Å². The van der Waals surface area contributed by atoms with Gasteiger partial charge in [0, 0.05) is 23.1 Å². The Morgan fingerprint density at radius 3 is 2.39 bits per heavy atom. The molecule has 0 saturated heterocycles. The zero-order valence-corrected chi connectivity index (χ0v) is 19.1. The Labute approximate surface area is 196 Å². The molecule has 1 heterocycles. The maximum atomic E-state index is 13.4. The third-order valence-corrected chi connectivity index (χ3v) is 6.06. The number of anilines is 1. The molecule has 4 aromatic rings. The number of nitrogens with zero attached hydrogens (tertiary/aromatic N) is 2. The van der Waals surface area contributed by atoms with Crippen LogP contribution >= 0.6 is 11.3 Å². The number of carbonyl (C=O) groups is 1. The molecule has 0 aliphatic rings. The lowest BCUT2D eigenvalue weighted by atomic mass is 10.1.